The highest BCUT2D eigenvalue weighted by molar-refractivity contribution is 4.97. The van der Waals surface area contributed by atoms with Gasteiger partial charge in [-0.15, -0.1) is 0 Å². The van der Waals surface area contributed by atoms with E-state index in [9.17, 15) is 0 Å². The maximum atomic E-state index is 9.17. The zero-order valence-corrected chi connectivity index (χ0v) is 7.49. The van der Waals surface area contributed by atoms with Crippen LogP contribution in [0.5, 0.6) is 0 Å². The first-order valence-electron chi connectivity index (χ1n) is 4.09. The molecule has 0 saturated carbocycles. The average Bonchev–Trinajstić information content (AvgIpc) is 2.48. The molecule has 4 nitrogen and oxygen atoms in total. The minimum absolute atomic E-state index is 0.485. The van der Waals surface area contributed by atoms with Crippen LogP contribution in [0.1, 0.15) is 18.8 Å². The SMILES string of the molecule is CNCCc1cn(C(C)O)cn1. The summed E-state index contributed by atoms with van der Waals surface area (Å²) < 4.78 is 1.69. The minimum atomic E-state index is -0.485. The van der Waals surface area contributed by atoms with E-state index in [0.717, 1.165) is 18.7 Å². The second kappa shape index (κ2) is 4.23. The zero-order valence-electron chi connectivity index (χ0n) is 7.49. The Labute approximate surface area is 72.2 Å². The first kappa shape index (κ1) is 9.22. The molecule has 0 aliphatic rings. The molecule has 1 unspecified atom stereocenters. The van der Waals surface area contributed by atoms with E-state index < -0.39 is 6.23 Å². The molecule has 68 valence electrons. The molecule has 0 spiro atoms. The number of rotatable bonds is 4. The molecule has 0 radical (unpaired) electrons. The fourth-order valence-corrected chi connectivity index (χ4v) is 0.966. The van der Waals surface area contributed by atoms with Crippen LogP contribution in [-0.4, -0.2) is 28.3 Å². The Bertz CT molecular complexity index is 232. The monoisotopic (exact) mass is 169 g/mol. The predicted octanol–water partition coefficient (Wildman–Crippen LogP) is 0.156. The Morgan fingerprint density at radius 1 is 1.75 bits per heavy atom. The van der Waals surface area contributed by atoms with Crippen molar-refractivity contribution < 1.29 is 5.11 Å². The molecule has 0 bridgehead atoms. The van der Waals surface area contributed by atoms with Crippen molar-refractivity contribution in [3.63, 3.8) is 0 Å². The molecule has 0 aliphatic heterocycles. The molecule has 0 amide bonds. The standard InChI is InChI=1S/C8H15N3O/c1-7(12)11-5-8(10-6-11)3-4-9-2/h5-7,9,12H,3-4H2,1-2H3. The van der Waals surface area contributed by atoms with E-state index in [0.29, 0.717) is 0 Å². The molecule has 0 fully saturated rings. The second-order valence-electron chi connectivity index (χ2n) is 2.80. The van der Waals surface area contributed by atoms with Crippen LogP contribution in [0.25, 0.3) is 0 Å². The molecule has 0 aliphatic carbocycles. The highest BCUT2D eigenvalue weighted by Crippen LogP contribution is 2.02. The summed E-state index contributed by atoms with van der Waals surface area (Å²) >= 11 is 0. The number of nitrogens with zero attached hydrogens (tertiary/aromatic N) is 2. The summed E-state index contributed by atoms with van der Waals surface area (Å²) in [5, 5.41) is 12.2. The van der Waals surface area contributed by atoms with Gasteiger partial charge in [0.1, 0.15) is 6.23 Å². The molecular formula is C8H15N3O. The Balaban J connectivity index is 2.52. The predicted molar refractivity (Wildman–Crippen MR) is 46.8 cm³/mol. The van der Waals surface area contributed by atoms with Gasteiger partial charge in [-0.05, 0) is 14.0 Å². The van der Waals surface area contributed by atoms with E-state index in [1.165, 1.54) is 0 Å². The highest BCUT2D eigenvalue weighted by atomic mass is 16.3. The summed E-state index contributed by atoms with van der Waals surface area (Å²) in [5.41, 5.74) is 1.00. The quantitative estimate of drug-likeness (QED) is 0.675. The number of aromatic nitrogens is 2. The molecule has 1 aromatic heterocycles. The molecule has 1 aromatic rings. The van der Waals surface area contributed by atoms with Gasteiger partial charge in [0.05, 0.1) is 12.0 Å². The van der Waals surface area contributed by atoms with E-state index in [1.807, 2.05) is 13.2 Å². The van der Waals surface area contributed by atoms with Crippen LogP contribution < -0.4 is 5.32 Å². The van der Waals surface area contributed by atoms with Crippen molar-refractivity contribution >= 4 is 0 Å². The maximum Gasteiger partial charge on any atom is 0.128 e. The van der Waals surface area contributed by atoms with Crippen molar-refractivity contribution in [2.24, 2.45) is 0 Å². The van der Waals surface area contributed by atoms with Crippen LogP contribution in [0, 0.1) is 0 Å². The van der Waals surface area contributed by atoms with Gasteiger partial charge in [-0.25, -0.2) is 4.98 Å². The third-order valence-electron chi connectivity index (χ3n) is 1.72. The van der Waals surface area contributed by atoms with Gasteiger partial charge in [0.15, 0.2) is 0 Å². The molecule has 2 N–H and O–H groups in total. The molecule has 1 atom stereocenters. The number of aliphatic hydroxyl groups is 1. The average molecular weight is 169 g/mol. The lowest BCUT2D eigenvalue weighted by Gasteiger charge is -2.02. The molecule has 0 aromatic carbocycles. The highest BCUT2D eigenvalue weighted by Gasteiger charge is 2.00. The molecule has 12 heavy (non-hydrogen) atoms. The normalized spacial score (nSPS) is 13.2. The van der Waals surface area contributed by atoms with Crippen LogP contribution in [0.3, 0.4) is 0 Å². The topological polar surface area (TPSA) is 50.1 Å². The largest absolute Gasteiger partial charge is 0.374 e. The van der Waals surface area contributed by atoms with Gasteiger partial charge >= 0.3 is 0 Å². The van der Waals surface area contributed by atoms with Crippen molar-refractivity contribution in [3.05, 3.63) is 18.2 Å². The van der Waals surface area contributed by atoms with E-state index >= 15 is 0 Å². The number of aliphatic hydroxyl groups excluding tert-OH is 1. The lowest BCUT2D eigenvalue weighted by molar-refractivity contribution is 0.124. The molecular weight excluding hydrogens is 154 g/mol. The van der Waals surface area contributed by atoms with Gasteiger partial charge in [-0.2, -0.15) is 0 Å². The second-order valence-corrected chi connectivity index (χ2v) is 2.80. The Kier molecular flexibility index (Phi) is 3.25. The summed E-state index contributed by atoms with van der Waals surface area (Å²) in [7, 11) is 1.91. The van der Waals surface area contributed by atoms with Gasteiger partial charge in [0.25, 0.3) is 0 Å². The van der Waals surface area contributed by atoms with Gasteiger partial charge < -0.3 is 15.0 Å². The molecule has 1 rings (SSSR count). The molecule has 1 heterocycles. The fraction of sp³-hybridized carbons (Fsp3) is 0.625. The van der Waals surface area contributed by atoms with Crippen LogP contribution in [-0.2, 0) is 6.42 Å². The number of likely N-dealkylation sites (N-methyl/N-ethyl adjacent to an activating group) is 1. The smallest absolute Gasteiger partial charge is 0.128 e. The third kappa shape index (κ3) is 2.32. The maximum absolute atomic E-state index is 9.17. The number of hydrogen-bond donors (Lipinski definition) is 2. The van der Waals surface area contributed by atoms with Crippen LogP contribution in [0.15, 0.2) is 12.5 Å². The molecule has 0 saturated heterocycles. The third-order valence-corrected chi connectivity index (χ3v) is 1.72. The summed E-state index contributed by atoms with van der Waals surface area (Å²) in [4.78, 5) is 4.14. The summed E-state index contributed by atoms with van der Waals surface area (Å²) in [6.07, 6.45) is 3.93. The minimum Gasteiger partial charge on any atom is -0.374 e. The summed E-state index contributed by atoms with van der Waals surface area (Å²) in [6.45, 7) is 2.63. The van der Waals surface area contributed by atoms with E-state index in [-0.39, 0.29) is 0 Å². The van der Waals surface area contributed by atoms with Crippen molar-refractivity contribution in [1.29, 1.82) is 0 Å². The Hall–Kier alpha value is -0.870. The van der Waals surface area contributed by atoms with Crippen molar-refractivity contribution in [3.8, 4) is 0 Å². The van der Waals surface area contributed by atoms with Crippen molar-refractivity contribution in [2.75, 3.05) is 13.6 Å². The van der Waals surface area contributed by atoms with Crippen molar-refractivity contribution in [1.82, 2.24) is 14.9 Å². The van der Waals surface area contributed by atoms with Crippen molar-refractivity contribution in [2.45, 2.75) is 19.6 Å². The summed E-state index contributed by atoms with van der Waals surface area (Å²) in [6, 6.07) is 0. The van der Waals surface area contributed by atoms with Gasteiger partial charge in [0, 0.05) is 19.2 Å². The Morgan fingerprint density at radius 2 is 2.50 bits per heavy atom. The first-order valence-corrected chi connectivity index (χ1v) is 4.09. The van der Waals surface area contributed by atoms with Crippen LogP contribution >= 0.6 is 0 Å². The summed E-state index contributed by atoms with van der Waals surface area (Å²) in [5.74, 6) is 0. The van der Waals surface area contributed by atoms with E-state index in [1.54, 1.807) is 17.8 Å². The number of imidazole rings is 1. The van der Waals surface area contributed by atoms with Crippen LogP contribution in [0.2, 0.25) is 0 Å². The van der Waals surface area contributed by atoms with Crippen LogP contribution in [0.4, 0.5) is 0 Å². The van der Waals surface area contributed by atoms with E-state index in [2.05, 4.69) is 10.3 Å². The van der Waals surface area contributed by atoms with Gasteiger partial charge in [-0.3, -0.25) is 0 Å². The van der Waals surface area contributed by atoms with Gasteiger partial charge in [0.2, 0.25) is 0 Å². The molecule has 4 heteroatoms. The van der Waals surface area contributed by atoms with E-state index in [4.69, 9.17) is 5.11 Å². The number of nitrogens with one attached hydrogen (secondary N) is 1. The lowest BCUT2D eigenvalue weighted by Crippen LogP contribution is -2.10. The van der Waals surface area contributed by atoms with Gasteiger partial charge in [-0.1, -0.05) is 0 Å². The number of hydrogen-bond acceptors (Lipinski definition) is 3. The lowest BCUT2D eigenvalue weighted by atomic mass is 10.3. The first-order chi connectivity index (χ1) is 5.74. The zero-order chi connectivity index (χ0) is 8.97. The fourth-order valence-electron chi connectivity index (χ4n) is 0.966. The Morgan fingerprint density at radius 3 is 3.00 bits per heavy atom.